The Morgan fingerprint density at radius 3 is 2.36 bits per heavy atom. The van der Waals surface area contributed by atoms with Crippen LogP contribution in [0.3, 0.4) is 0 Å². The number of amides is 1. The van der Waals surface area contributed by atoms with Crippen LogP contribution >= 0.6 is 23.1 Å². The number of aromatic nitrogens is 2. The van der Waals surface area contributed by atoms with E-state index in [0.29, 0.717) is 10.7 Å². The Morgan fingerprint density at radius 1 is 1.03 bits per heavy atom. The van der Waals surface area contributed by atoms with Crippen LogP contribution in [0.5, 0.6) is 0 Å². The summed E-state index contributed by atoms with van der Waals surface area (Å²) in [5.41, 5.74) is 2.01. The maximum Gasteiger partial charge on any atom is 0.260 e. The third-order valence-corrected chi connectivity index (χ3v) is 9.63. The van der Waals surface area contributed by atoms with E-state index in [0.717, 1.165) is 20.7 Å². The molecule has 2 aromatic carbocycles. The third-order valence-electron chi connectivity index (χ3n) is 5.95. The first kappa shape index (κ1) is 29.1. The highest BCUT2D eigenvalue weighted by atomic mass is 32.2. The number of anilines is 1. The topological polar surface area (TPSA) is 102 Å². The van der Waals surface area contributed by atoms with Crippen molar-refractivity contribution in [3.05, 3.63) is 78.1 Å². The first-order chi connectivity index (χ1) is 18.9. The van der Waals surface area contributed by atoms with Crippen LogP contribution < -0.4 is 4.90 Å². The Kier molecular flexibility index (Phi) is 10.1. The van der Waals surface area contributed by atoms with E-state index in [1.165, 1.54) is 54.1 Å². The quantitative estimate of drug-likeness (QED) is 0.211. The molecule has 4 rings (SSSR count). The Bertz CT molecular complexity index is 1490. The molecule has 0 aliphatic carbocycles. The lowest BCUT2D eigenvalue weighted by atomic mass is 10.2. The molecule has 2 aromatic heterocycles. The maximum atomic E-state index is 13.8. The monoisotopic (exact) mass is 586 g/mol. The molecule has 0 bridgehead atoms. The molecule has 1 amide bonds. The van der Waals surface area contributed by atoms with E-state index in [1.807, 2.05) is 30.5 Å². The fourth-order valence-electron chi connectivity index (χ4n) is 3.85. The van der Waals surface area contributed by atoms with Crippen molar-refractivity contribution in [2.45, 2.75) is 16.3 Å². The molecule has 0 fully saturated rings. The number of thioether (sulfide) groups is 1. The Morgan fingerprint density at radius 2 is 1.74 bits per heavy atom. The van der Waals surface area contributed by atoms with Gasteiger partial charge in [0.25, 0.3) is 5.91 Å². The van der Waals surface area contributed by atoms with Crippen molar-refractivity contribution in [3.8, 4) is 0 Å². The number of benzene rings is 2. The Balaban J connectivity index is 1.65. The number of hydrogen-bond donors (Lipinski definition) is 0. The summed E-state index contributed by atoms with van der Waals surface area (Å²) in [5.74, 6) is -0.289. The zero-order valence-electron chi connectivity index (χ0n) is 21.9. The van der Waals surface area contributed by atoms with Crippen molar-refractivity contribution in [3.63, 3.8) is 0 Å². The fraction of sp³-hybridized carbons (Fsp3) is 0.296. The molecule has 0 saturated carbocycles. The van der Waals surface area contributed by atoms with E-state index in [4.69, 9.17) is 14.5 Å². The van der Waals surface area contributed by atoms with Gasteiger partial charge in [0.05, 0.1) is 34.9 Å². The van der Waals surface area contributed by atoms with Gasteiger partial charge >= 0.3 is 0 Å². The van der Waals surface area contributed by atoms with Gasteiger partial charge in [-0.3, -0.25) is 14.7 Å². The fourth-order valence-corrected chi connectivity index (χ4v) is 6.77. The molecule has 0 atom stereocenters. The van der Waals surface area contributed by atoms with E-state index in [9.17, 15) is 13.2 Å². The molecule has 12 heteroatoms. The van der Waals surface area contributed by atoms with E-state index >= 15 is 0 Å². The normalized spacial score (nSPS) is 11.8. The molecule has 0 aliphatic heterocycles. The molecule has 0 saturated heterocycles. The zero-order chi connectivity index (χ0) is 27.8. The van der Waals surface area contributed by atoms with Crippen LogP contribution in [0, 0.1) is 0 Å². The number of carbonyl (C=O) groups excluding carboxylic acids is 1. The minimum absolute atomic E-state index is 0.0923. The summed E-state index contributed by atoms with van der Waals surface area (Å²) in [5, 5.41) is 0.555. The van der Waals surface area contributed by atoms with E-state index in [2.05, 4.69) is 11.1 Å². The smallest absolute Gasteiger partial charge is 0.260 e. The van der Waals surface area contributed by atoms with E-state index < -0.39 is 10.0 Å². The van der Waals surface area contributed by atoms with Crippen LogP contribution in [0.2, 0.25) is 0 Å². The molecule has 206 valence electrons. The summed E-state index contributed by atoms with van der Waals surface area (Å²) in [6.07, 6.45) is 5.41. The van der Waals surface area contributed by atoms with Gasteiger partial charge in [-0.25, -0.2) is 13.4 Å². The van der Waals surface area contributed by atoms with Crippen molar-refractivity contribution < 1.29 is 22.7 Å². The summed E-state index contributed by atoms with van der Waals surface area (Å²) in [7, 11) is -0.766. The number of thiazole rings is 1. The molecular weight excluding hydrogens is 557 g/mol. The van der Waals surface area contributed by atoms with Gasteiger partial charge in [-0.2, -0.15) is 4.31 Å². The van der Waals surface area contributed by atoms with Crippen LogP contribution in [-0.2, 0) is 26.0 Å². The average Bonchev–Trinajstić information content (AvgIpc) is 3.39. The number of methoxy groups -OCH3 is 2. The van der Waals surface area contributed by atoms with E-state index in [1.54, 1.807) is 29.1 Å². The van der Waals surface area contributed by atoms with Gasteiger partial charge in [-0.15, -0.1) is 11.8 Å². The number of fused-ring (bicyclic) bond motifs is 1. The number of hydrogen-bond acceptors (Lipinski definition) is 9. The van der Waals surface area contributed by atoms with Crippen molar-refractivity contribution in [1.29, 1.82) is 0 Å². The second-order valence-electron chi connectivity index (χ2n) is 8.50. The van der Waals surface area contributed by atoms with Crippen molar-refractivity contribution in [2.75, 3.05) is 51.7 Å². The first-order valence-electron chi connectivity index (χ1n) is 12.1. The highest BCUT2D eigenvalue weighted by molar-refractivity contribution is 7.98. The SMILES string of the molecule is COCCN(CCOC)S(=O)(=O)c1ccc(C(=O)N(Cc2cccnc2)c2nc3ccc(SC)cc3s2)cc1. The third kappa shape index (κ3) is 7.02. The minimum Gasteiger partial charge on any atom is -0.383 e. The number of ether oxygens (including phenoxy) is 2. The number of sulfonamides is 1. The predicted octanol–water partition coefficient (Wildman–Crippen LogP) is 4.54. The maximum absolute atomic E-state index is 13.8. The van der Waals surface area contributed by atoms with Gasteiger partial charge in [0.2, 0.25) is 10.0 Å². The predicted molar refractivity (Wildman–Crippen MR) is 155 cm³/mol. The molecule has 9 nitrogen and oxygen atoms in total. The van der Waals surface area contributed by atoms with Gasteiger partial charge in [0.15, 0.2) is 5.13 Å². The molecule has 39 heavy (non-hydrogen) atoms. The second kappa shape index (κ2) is 13.5. The molecule has 0 aliphatic rings. The number of pyridine rings is 1. The molecular formula is C27H30N4O5S3. The summed E-state index contributed by atoms with van der Waals surface area (Å²) in [4.78, 5) is 25.5. The largest absolute Gasteiger partial charge is 0.383 e. The summed E-state index contributed by atoms with van der Waals surface area (Å²) in [6.45, 7) is 1.16. The lowest BCUT2D eigenvalue weighted by molar-refractivity contribution is 0.0985. The lowest BCUT2D eigenvalue weighted by Crippen LogP contribution is -2.36. The lowest BCUT2D eigenvalue weighted by Gasteiger charge is -2.22. The van der Waals surface area contributed by atoms with Gasteiger partial charge < -0.3 is 9.47 Å². The van der Waals surface area contributed by atoms with Crippen molar-refractivity contribution in [1.82, 2.24) is 14.3 Å². The summed E-state index contributed by atoms with van der Waals surface area (Å²) < 4.78 is 39.0. The molecule has 0 spiro atoms. The van der Waals surface area contributed by atoms with Crippen LogP contribution in [0.1, 0.15) is 15.9 Å². The number of carbonyl (C=O) groups is 1. The van der Waals surface area contributed by atoms with Crippen LogP contribution in [0.25, 0.3) is 10.2 Å². The van der Waals surface area contributed by atoms with Crippen LogP contribution in [0.4, 0.5) is 5.13 Å². The van der Waals surface area contributed by atoms with Gasteiger partial charge in [-0.05, 0) is 60.4 Å². The highest BCUT2D eigenvalue weighted by Crippen LogP contribution is 2.33. The Labute approximate surface area is 236 Å². The van der Waals surface area contributed by atoms with Gasteiger partial charge in [0.1, 0.15) is 0 Å². The molecule has 2 heterocycles. The highest BCUT2D eigenvalue weighted by Gasteiger charge is 2.26. The minimum atomic E-state index is -3.81. The molecule has 0 radical (unpaired) electrons. The molecule has 4 aromatic rings. The number of rotatable bonds is 13. The average molecular weight is 587 g/mol. The van der Waals surface area contributed by atoms with Gasteiger partial charge in [0, 0.05) is 50.2 Å². The second-order valence-corrected chi connectivity index (χ2v) is 12.3. The van der Waals surface area contributed by atoms with Crippen LogP contribution in [-0.4, -0.2) is 75.4 Å². The standard InChI is InChI=1S/C27H30N4O5S3/c1-35-15-13-30(14-16-36-2)39(33,34)23-9-6-21(7-10-23)26(32)31(19-20-5-4-12-28-18-20)27-29-24-11-8-22(37-3)17-25(24)38-27/h4-12,17-18H,13-16,19H2,1-3H3. The van der Waals surface area contributed by atoms with E-state index in [-0.39, 0.29) is 43.7 Å². The van der Waals surface area contributed by atoms with Crippen molar-refractivity contribution in [2.24, 2.45) is 0 Å². The first-order valence-corrected chi connectivity index (χ1v) is 15.6. The molecule has 0 unspecified atom stereocenters. The zero-order valence-corrected chi connectivity index (χ0v) is 24.4. The molecule has 0 N–H and O–H groups in total. The van der Waals surface area contributed by atoms with Crippen molar-refractivity contribution >= 4 is 54.4 Å². The summed E-state index contributed by atoms with van der Waals surface area (Å²) in [6, 6.07) is 15.7. The Hall–Kier alpha value is -2.87. The summed E-state index contributed by atoms with van der Waals surface area (Å²) >= 11 is 3.08. The van der Waals surface area contributed by atoms with Gasteiger partial charge in [-0.1, -0.05) is 17.4 Å². The van der Waals surface area contributed by atoms with Crippen LogP contribution in [0.15, 0.2) is 76.8 Å². The number of nitrogens with zero attached hydrogens (tertiary/aromatic N) is 4.